The average molecular weight is 343 g/mol. The zero-order chi connectivity index (χ0) is 18.0. The van der Waals surface area contributed by atoms with E-state index in [2.05, 4.69) is 13.8 Å². The molecule has 1 rings (SSSR count). The molecular formula is C14H24F3NO5. The summed E-state index contributed by atoms with van der Waals surface area (Å²) in [6.07, 6.45) is -2.88. The number of alkyl halides is 3. The monoisotopic (exact) mass is 343 g/mol. The fourth-order valence-electron chi connectivity index (χ4n) is 2.01. The van der Waals surface area contributed by atoms with Gasteiger partial charge in [0.25, 0.3) is 0 Å². The number of nitrogens with two attached hydrogens (primary N) is 1. The van der Waals surface area contributed by atoms with Gasteiger partial charge in [-0.05, 0) is 24.8 Å². The molecule has 1 heterocycles. The van der Waals surface area contributed by atoms with Crippen LogP contribution in [0.25, 0.3) is 0 Å². The highest BCUT2D eigenvalue weighted by molar-refractivity contribution is 5.73. The molecule has 0 aromatic heterocycles. The second-order valence-electron chi connectivity index (χ2n) is 5.71. The number of carboxylic acid groups (broad SMARTS) is 1. The third-order valence-corrected chi connectivity index (χ3v) is 3.02. The van der Waals surface area contributed by atoms with Crippen LogP contribution in [0.15, 0.2) is 0 Å². The molecule has 1 unspecified atom stereocenters. The van der Waals surface area contributed by atoms with Gasteiger partial charge in [0, 0.05) is 12.8 Å². The van der Waals surface area contributed by atoms with Crippen molar-refractivity contribution in [3.63, 3.8) is 0 Å². The first-order valence-electron chi connectivity index (χ1n) is 7.33. The van der Waals surface area contributed by atoms with Crippen molar-refractivity contribution < 1.29 is 37.3 Å². The molecule has 136 valence electrons. The Hall–Kier alpha value is -1.35. The van der Waals surface area contributed by atoms with Crippen LogP contribution < -0.4 is 5.73 Å². The Kier molecular flexibility index (Phi) is 9.82. The third kappa shape index (κ3) is 10.9. The van der Waals surface area contributed by atoms with Gasteiger partial charge in [-0.2, -0.15) is 13.2 Å². The van der Waals surface area contributed by atoms with E-state index >= 15 is 0 Å². The molecule has 0 radical (unpaired) electrons. The molecule has 1 aliphatic heterocycles. The molecule has 1 fully saturated rings. The molecular weight excluding hydrogens is 319 g/mol. The molecule has 9 heteroatoms. The normalized spacial score (nSPS) is 19.0. The summed E-state index contributed by atoms with van der Waals surface area (Å²) < 4.78 is 42.2. The minimum atomic E-state index is -5.08. The molecule has 2 atom stereocenters. The fourth-order valence-corrected chi connectivity index (χ4v) is 2.01. The summed E-state index contributed by atoms with van der Waals surface area (Å²) in [7, 11) is 0. The van der Waals surface area contributed by atoms with Crippen molar-refractivity contribution in [2.75, 3.05) is 19.8 Å². The third-order valence-electron chi connectivity index (χ3n) is 3.02. The predicted octanol–water partition coefficient (Wildman–Crippen LogP) is 1.96. The number of carbonyl (C=O) groups is 2. The van der Waals surface area contributed by atoms with Gasteiger partial charge in [-0.3, -0.25) is 4.79 Å². The largest absolute Gasteiger partial charge is 0.490 e. The molecule has 6 nitrogen and oxygen atoms in total. The van der Waals surface area contributed by atoms with Crippen LogP contribution in [0.5, 0.6) is 0 Å². The van der Waals surface area contributed by atoms with Crippen LogP contribution in [0.4, 0.5) is 13.2 Å². The summed E-state index contributed by atoms with van der Waals surface area (Å²) in [6.45, 7) is 6.07. The lowest BCUT2D eigenvalue weighted by Crippen LogP contribution is -2.24. The molecule has 0 bridgehead atoms. The van der Waals surface area contributed by atoms with E-state index in [-0.39, 0.29) is 18.0 Å². The summed E-state index contributed by atoms with van der Waals surface area (Å²) in [4.78, 5) is 20.5. The number of carboxylic acids is 1. The molecule has 0 saturated carbocycles. The lowest BCUT2D eigenvalue weighted by Gasteiger charge is -2.17. The minimum Gasteiger partial charge on any atom is -0.475 e. The average Bonchev–Trinajstić information content (AvgIpc) is 2.89. The number of rotatable bonds is 6. The Balaban J connectivity index is 0.000000585. The van der Waals surface area contributed by atoms with E-state index < -0.39 is 12.1 Å². The van der Waals surface area contributed by atoms with E-state index in [0.29, 0.717) is 32.1 Å². The maximum Gasteiger partial charge on any atom is 0.490 e. The number of hydrogen-bond donors (Lipinski definition) is 2. The maximum absolute atomic E-state index is 11.6. The topological polar surface area (TPSA) is 98.9 Å². The van der Waals surface area contributed by atoms with Crippen molar-refractivity contribution in [2.24, 2.45) is 17.6 Å². The van der Waals surface area contributed by atoms with E-state index in [9.17, 15) is 18.0 Å². The number of carbonyl (C=O) groups excluding carboxylic acids is 1. The van der Waals surface area contributed by atoms with Crippen LogP contribution in [0.3, 0.4) is 0 Å². The minimum absolute atomic E-state index is 0.0371. The van der Waals surface area contributed by atoms with Gasteiger partial charge in [0.2, 0.25) is 0 Å². The molecule has 1 saturated heterocycles. The highest BCUT2D eigenvalue weighted by Gasteiger charge is 2.38. The zero-order valence-corrected chi connectivity index (χ0v) is 13.3. The lowest BCUT2D eigenvalue weighted by molar-refractivity contribution is -0.192. The Morgan fingerprint density at radius 3 is 2.30 bits per heavy atom. The van der Waals surface area contributed by atoms with Crippen molar-refractivity contribution in [1.29, 1.82) is 0 Å². The Morgan fingerprint density at radius 1 is 1.39 bits per heavy atom. The number of aliphatic carboxylic acids is 1. The molecule has 0 aliphatic carbocycles. The van der Waals surface area contributed by atoms with E-state index in [0.717, 1.165) is 12.8 Å². The van der Waals surface area contributed by atoms with Crippen molar-refractivity contribution in [3.8, 4) is 0 Å². The smallest absolute Gasteiger partial charge is 0.475 e. The quantitative estimate of drug-likeness (QED) is 0.715. The SMILES string of the molecule is CC(C)C[C@H](CN)CC(=O)OC1CCOC1.O=C(O)C(F)(F)F. The summed E-state index contributed by atoms with van der Waals surface area (Å²) in [6, 6.07) is 0. The Labute approximate surface area is 133 Å². The summed E-state index contributed by atoms with van der Waals surface area (Å²) in [5.74, 6) is -2.08. The van der Waals surface area contributed by atoms with Crippen LogP contribution in [0.2, 0.25) is 0 Å². The summed E-state index contributed by atoms with van der Waals surface area (Å²) in [5, 5.41) is 7.12. The fraction of sp³-hybridized carbons (Fsp3) is 0.857. The van der Waals surface area contributed by atoms with E-state index in [1.807, 2.05) is 0 Å². The Morgan fingerprint density at radius 2 is 1.96 bits per heavy atom. The molecule has 0 aromatic carbocycles. The van der Waals surface area contributed by atoms with Gasteiger partial charge in [-0.15, -0.1) is 0 Å². The second kappa shape index (κ2) is 10.4. The van der Waals surface area contributed by atoms with E-state index in [1.165, 1.54) is 0 Å². The van der Waals surface area contributed by atoms with Crippen LogP contribution in [-0.2, 0) is 19.1 Å². The van der Waals surface area contributed by atoms with Crippen LogP contribution in [0.1, 0.15) is 33.1 Å². The van der Waals surface area contributed by atoms with Crippen molar-refractivity contribution in [3.05, 3.63) is 0 Å². The van der Waals surface area contributed by atoms with Gasteiger partial charge in [0.15, 0.2) is 0 Å². The molecule has 1 aliphatic rings. The van der Waals surface area contributed by atoms with Crippen molar-refractivity contribution in [1.82, 2.24) is 0 Å². The lowest BCUT2D eigenvalue weighted by atomic mass is 9.94. The van der Waals surface area contributed by atoms with Gasteiger partial charge in [0.1, 0.15) is 6.10 Å². The predicted molar refractivity (Wildman–Crippen MR) is 75.6 cm³/mol. The number of esters is 1. The molecule has 0 aromatic rings. The highest BCUT2D eigenvalue weighted by atomic mass is 19.4. The number of halogens is 3. The molecule has 23 heavy (non-hydrogen) atoms. The summed E-state index contributed by atoms with van der Waals surface area (Å²) >= 11 is 0. The maximum atomic E-state index is 11.6. The first kappa shape index (κ1) is 21.6. The number of hydrogen-bond acceptors (Lipinski definition) is 5. The van der Waals surface area contributed by atoms with Crippen molar-refractivity contribution in [2.45, 2.75) is 45.4 Å². The molecule has 0 spiro atoms. The van der Waals surface area contributed by atoms with Gasteiger partial charge in [0.05, 0.1) is 13.2 Å². The van der Waals surface area contributed by atoms with Gasteiger partial charge >= 0.3 is 18.1 Å². The number of ether oxygens (including phenoxy) is 2. The molecule has 3 N–H and O–H groups in total. The van der Waals surface area contributed by atoms with Gasteiger partial charge in [-0.1, -0.05) is 13.8 Å². The first-order valence-corrected chi connectivity index (χ1v) is 7.33. The Bertz CT molecular complexity index is 368. The highest BCUT2D eigenvalue weighted by Crippen LogP contribution is 2.17. The standard InChI is InChI=1S/C12H23NO3.C2HF3O2/c1-9(2)5-10(7-13)6-12(14)16-11-3-4-15-8-11;3-2(4,5)1(6)7/h9-11H,3-8,13H2,1-2H3;(H,6,7)/t10-,11?;/m0./s1. The molecule has 0 amide bonds. The van der Waals surface area contributed by atoms with E-state index in [1.54, 1.807) is 0 Å². The van der Waals surface area contributed by atoms with E-state index in [4.69, 9.17) is 25.1 Å². The van der Waals surface area contributed by atoms with Crippen LogP contribution >= 0.6 is 0 Å². The van der Waals surface area contributed by atoms with Crippen LogP contribution in [-0.4, -0.2) is 49.1 Å². The zero-order valence-electron chi connectivity index (χ0n) is 13.3. The van der Waals surface area contributed by atoms with Gasteiger partial charge in [-0.25, -0.2) is 4.79 Å². The summed E-state index contributed by atoms with van der Waals surface area (Å²) in [5.41, 5.74) is 5.65. The van der Waals surface area contributed by atoms with Crippen LogP contribution in [0, 0.1) is 11.8 Å². The van der Waals surface area contributed by atoms with Crippen molar-refractivity contribution >= 4 is 11.9 Å². The second-order valence-corrected chi connectivity index (χ2v) is 5.71. The first-order chi connectivity index (χ1) is 10.6. The van der Waals surface area contributed by atoms with Gasteiger partial charge < -0.3 is 20.3 Å².